The molecule has 1 amide bonds. The van der Waals surface area contributed by atoms with Gasteiger partial charge in [0.05, 0.1) is 11.4 Å². The van der Waals surface area contributed by atoms with Crippen LogP contribution in [-0.4, -0.2) is 17.5 Å². The lowest BCUT2D eigenvalue weighted by molar-refractivity contribution is -0.105. The lowest BCUT2D eigenvalue weighted by Gasteiger charge is -2.16. The number of nitrogens with one attached hydrogen (secondary N) is 2. The second-order valence-electron chi connectivity index (χ2n) is 5.62. The molecule has 0 saturated carbocycles. The number of amides is 1. The number of aromatic nitrogens is 1. The normalized spacial score (nSPS) is 10.7. The van der Waals surface area contributed by atoms with Crippen LogP contribution < -0.4 is 10.6 Å². The zero-order chi connectivity index (χ0) is 16.2. The van der Waals surface area contributed by atoms with Gasteiger partial charge in [0.1, 0.15) is 0 Å². The minimum atomic E-state index is 0.719. The van der Waals surface area contributed by atoms with Crippen molar-refractivity contribution in [2.75, 3.05) is 17.2 Å². The van der Waals surface area contributed by atoms with E-state index in [9.17, 15) is 4.79 Å². The van der Waals surface area contributed by atoms with Crippen molar-refractivity contribution in [3.8, 4) is 11.1 Å². The third-order valence-electron chi connectivity index (χ3n) is 4.03. The smallest absolute Gasteiger partial charge is 0.211 e. The van der Waals surface area contributed by atoms with E-state index in [2.05, 4.69) is 58.7 Å². The van der Waals surface area contributed by atoms with Gasteiger partial charge in [-0.15, -0.1) is 0 Å². The maximum Gasteiger partial charge on any atom is 0.211 e. The Labute approximate surface area is 136 Å². The van der Waals surface area contributed by atoms with Crippen LogP contribution in [0, 0.1) is 0 Å². The lowest BCUT2D eigenvalue weighted by atomic mass is 10.0. The number of anilines is 2. The number of fused-ring (bicyclic) bond motifs is 1. The number of hydrogen-bond acceptors (Lipinski definition) is 2. The monoisotopic (exact) mass is 307 g/mol. The first kappa shape index (κ1) is 15.2. The maximum absolute atomic E-state index is 10.9. The fourth-order valence-electron chi connectivity index (χ4n) is 2.87. The average molecular weight is 307 g/mol. The van der Waals surface area contributed by atoms with Gasteiger partial charge in [0.15, 0.2) is 0 Å². The van der Waals surface area contributed by atoms with E-state index in [1.165, 1.54) is 10.9 Å². The van der Waals surface area contributed by atoms with Crippen LogP contribution in [0.15, 0.2) is 48.7 Å². The fraction of sp³-hybridized carbons (Fsp3) is 0.211. The summed E-state index contributed by atoms with van der Waals surface area (Å²) in [7, 11) is 2.05. The highest BCUT2D eigenvalue weighted by Gasteiger charge is 2.10. The third-order valence-corrected chi connectivity index (χ3v) is 4.03. The van der Waals surface area contributed by atoms with Gasteiger partial charge in [-0.05, 0) is 36.2 Å². The molecule has 0 fully saturated rings. The van der Waals surface area contributed by atoms with Gasteiger partial charge >= 0.3 is 0 Å². The van der Waals surface area contributed by atoms with Gasteiger partial charge in [-0.2, -0.15) is 0 Å². The maximum atomic E-state index is 10.9. The van der Waals surface area contributed by atoms with Gasteiger partial charge in [-0.3, -0.25) is 4.79 Å². The molecule has 2 N–H and O–H groups in total. The van der Waals surface area contributed by atoms with Crippen molar-refractivity contribution >= 4 is 28.7 Å². The summed E-state index contributed by atoms with van der Waals surface area (Å²) in [5, 5.41) is 7.44. The first-order valence-electron chi connectivity index (χ1n) is 7.87. The molecule has 0 saturated heterocycles. The van der Waals surface area contributed by atoms with E-state index in [1.54, 1.807) is 0 Å². The molecule has 1 heterocycles. The van der Waals surface area contributed by atoms with Crippen LogP contribution in [0.3, 0.4) is 0 Å². The summed E-state index contributed by atoms with van der Waals surface area (Å²) in [6.07, 6.45) is 3.80. The van der Waals surface area contributed by atoms with Crippen molar-refractivity contribution in [3.05, 3.63) is 48.7 Å². The fourth-order valence-corrected chi connectivity index (χ4v) is 2.87. The largest absolute Gasteiger partial charge is 0.383 e. The van der Waals surface area contributed by atoms with E-state index in [-0.39, 0.29) is 0 Å². The molecule has 4 nitrogen and oxygen atoms in total. The van der Waals surface area contributed by atoms with Crippen LogP contribution in [0.25, 0.3) is 22.0 Å². The summed E-state index contributed by atoms with van der Waals surface area (Å²) in [6.45, 7) is 2.98. The van der Waals surface area contributed by atoms with E-state index >= 15 is 0 Å². The molecule has 0 bridgehead atoms. The standard InChI is InChI=1S/C19H21N3O/c1-3-10-20-19-16(5-4-6-17(19)21-13-23)14-7-8-18-15(12-14)9-11-22(18)2/h4-9,11-13,20H,3,10H2,1-2H3,(H,21,23). The minimum absolute atomic E-state index is 0.719. The molecule has 23 heavy (non-hydrogen) atoms. The Balaban J connectivity index is 2.11. The first-order chi connectivity index (χ1) is 11.2. The number of benzene rings is 2. The van der Waals surface area contributed by atoms with Crippen molar-refractivity contribution in [3.63, 3.8) is 0 Å². The summed E-state index contributed by atoms with van der Waals surface area (Å²) >= 11 is 0. The third kappa shape index (κ3) is 2.93. The number of aryl methyl sites for hydroxylation is 1. The number of rotatable bonds is 6. The van der Waals surface area contributed by atoms with Crippen molar-refractivity contribution in [2.45, 2.75) is 13.3 Å². The summed E-state index contributed by atoms with van der Waals surface area (Å²) in [6, 6.07) is 14.5. The van der Waals surface area contributed by atoms with Crippen LogP contribution in [-0.2, 0) is 11.8 Å². The van der Waals surface area contributed by atoms with Gasteiger partial charge in [0, 0.05) is 36.3 Å². The number of nitrogens with zero attached hydrogens (tertiary/aromatic N) is 1. The van der Waals surface area contributed by atoms with Crippen LogP contribution >= 0.6 is 0 Å². The Morgan fingerprint density at radius 3 is 2.83 bits per heavy atom. The van der Waals surface area contributed by atoms with E-state index in [0.29, 0.717) is 0 Å². The van der Waals surface area contributed by atoms with Gasteiger partial charge in [-0.1, -0.05) is 25.1 Å². The molecular formula is C19H21N3O. The first-order valence-corrected chi connectivity index (χ1v) is 7.87. The molecule has 3 rings (SSSR count). The number of hydrogen-bond donors (Lipinski definition) is 2. The van der Waals surface area contributed by atoms with Crippen molar-refractivity contribution < 1.29 is 4.79 Å². The highest BCUT2D eigenvalue weighted by Crippen LogP contribution is 2.35. The van der Waals surface area contributed by atoms with E-state index < -0.39 is 0 Å². The summed E-state index contributed by atoms with van der Waals surface area (Å²) in [4.78, 5) is 10.9. The van der Waals surface area contributed by atoms with Crippen LogP contribution in [0.1, 0.15) is 13.3 Å². The second kappa shape index (κ2) is 6.57. The zero-order valence-electron chi connectivity index (χ0n) is 13.5. The van der Waals surface area contributed by atoms with Crippen LogP contribution in [0.2, 0.25) is 0 Å². The quantitative estimate of drug-likeness (QED) is 0.669. The predicted molar refractivity (Wildman–Crippen MR) is 96.8 cm³/mol. The lowest BCUT2D eigenvalue weighted by Crippen LogP contribution is -2.06. The van der Waals surface area contributed by atoms with Crippen molar-refractivity contribution in [1.82, 2.24) is 4.57 Å². The Morgan fingerprint density at radius 2 is 2.04 bits per heavy atom. The van der Waals surface area contributed by atoms with Gasteiger partial charge in [-0.25, -0.2) is 0 Å². The predicted octanol–water partition coefficient (Wildman–Crippen LogP) is 4.24. The molecule has 0 atom stereocenters. The van der Waals surface area contributed by atoms with Crippen molar-refractivity contribution in [2.24, 2.45) is 7.05 Å². The molecule has 0 spiro atoms. The Bertz CT molecular complexity index is 836. The number of carbonyl (C=O) groups excluding carboxylic acids is 1. The number of para-hydroxylation sites is 1. The molecule has 0 aliphatic heterocycles. The average Bonchev–Trinajstić information content (AvgIpc) is 2.94. The summed E-state index contributed by atoms with van der Waals surface area (Å²) in [5.41, 5.74) is 5.21. The molecular weight excluding hydrogens is 286 g/mol. The Morgan fingerprint density at radius 1 is 1.17 bits per heavy atom. The van der Waals surface area contributed by atoms with Gasteiger partial charge in [0.2, 0.25) is 6.41 Å². The van der Waals surface area contributed by atoms with Gasteiger partial charge in [0.25, 0.3) is 0 Å². The van der Waals surface area contributed by atoms with Crippen molar-refractivity contribution in [1.29, 1.82) is 0 Å². The molecule has 118 valence electrons. The highest BCUT2D eigenvalue weighted by atomic mass is 16.1. The molecule has 0 aliphatic carbocycles. The number of carbonyl (C=O) groups is 1. The molecule has 0 unspecified atom stereocenters. The molecule has 0 radical (unpaired) electrons. The van der Waals surface area contributed by atoms with Crippen LogP contribution in [0.5, 0.6) is 0 Å². The van der Waals surface area contributed by atoms with Gasteiger partial charge < -0.3 is 15.2 Å². The summed E-state index contributed by atoms with van der Waals surface area (Å²) < 4.78 is 2.11. The summed E-state index contributed by atoms with van der Waals surface area (Å²) in [5.74, 6) is 0. The van der Waals surface area contributed by atoms with E-state index in [0.717, 1.165) is 41.9 Å². The highest BCUT2D eigenvalue weighted by molar-refractivity contribution is 5.94. The zero-order valence-corrected chi connectivity index (χ0v) is 13.5. The Kier molecular flexibility index (Phi) is 4.33. The SMILES string of the molecule is CCCNc1c(NC=O)cccc1-c1ccc2c(ccn2C)c1. The molecule has 1 aromatic heterocycles. The molecule has 4 heteroatoms. The van der Waals surface area contributed by atoms with E-state index in [1.807, 2.05) is 19.2 Å². The molecule has 2 aromatic carbocycles. The minimum Gasteiger partial charge on any atom is -0.383 e. The Hall–Kier alpha value is -2.75. The molecule has 3 aromatic rings. The van der Waals surface area contributed by atoms with E-state index in [4.69, 9.17) is 0 Å². The topological polar surface area (TPSA) is 46.1 Å². The second-order valence-corrected chi connectivity index (χ2v) is 5.62. The van der Waals surface area contributed by atoms with Crippen LogP contribution in [0.4, 0.5) is 11.4 Å². The molecule has 0 aliphatic rings.